The first-order chi connectivity index (χ1) is 8.86. The van der Waals surface area contributed by atoms with Crippen molar-refractivity contribution in [3.8, 4) is 17.3 Å². The smallest absolute Gasteiger partial charge is 0.181 e. The third kappa shape index (κ3) is 1.84. The lowest BCUT2D eigenvalue weighted by Crippen LogP contribution is -1.86. The van der Waals surface area contributed by atoms with Gasteiger partial charge in [0.05, 0.1) is 18.0 Å². The lowest BCUT2D eigenvalue weighted by Gasteiger charge is -1.96. The molecule has 0 atom stereocenters. The Bertz CT molecular complexity index is 720. The molecule has 3 aromatic rings. The number of aryl methyl sites for hydroxylation is 1. The van der Waals surface area contributed by atoms with Gasteiger partial charge in [-0.25, -0.2) is 9.97 Å². The van der Waals surface area contributed by atoms with Crippen LogP contribution in [0.25, 0.3) is 22.4 Å². The maximum atomic E-state index is 8.54. The lowest BCUT2D eigenvalue weighted by atomic mass is 10.1. The second-order valence-electron chi connectivity index (χ2n) is 3.94. The molecule has 1 aromatic carbocycles. The van der Waals surface area contributed by atoms with Gasteiger partial charge in [0.25, 0.3) is 0 Å². The Balaban J connectivity index is 1.93. The minimum absolute atomic E-state index is 0.466. The van der Waals surface area contributed by atoms with Crippen LogP contribution >= 0.6 is 0 Å². The number of fused-ring (bicyclic) bond motifs is 1. The van der Waals surface area contributed by atoms with E-state index in [0.717, 1.165) is 28.2 Å². The third-order valence-corrected chi connectivity index (χ3v) is 2.74. The summed E-state index contributed by atoms with van der Waals surface area (Å²) in [6.07, 6.45) is 4.30. The van der Waals surface area contributed by atoms with Crippen molar-refractivity contribution in [2.24, 2.45) is 0 Å². The molecule has 0 bridgehead atoms. The van der Waals surface area contributed by atoms with E-state index in [-0.39, 0.29) is 0 Å². The van der Waals surface area contributed by atoms with Gasteiger partial charge >= 0.3 is 0 Å². The molecular formula is C13H10N4O. The molecule has 0 aliphatic rings. The Morgan fingerprint density at radius 3 is 3.17 bits per heavy atom. The van der Waals surface area contributed by atoms with E-state index >= 15 is 0 Å². The maximum absolute atomic E-state index is 8.54. The topological polar surface area (TPSA) is 78.5 Å². The quantitative estimate of drug-likeness (QED) is 0.760. The van der Waals surface area contributed by atoms with Crippen LogP contribution in [0.3, 0.4) is 0 Å². The van der Waals surface area contributed by atoms with Crippen LogP contribution in [-0.4, -0.2) is 15.0 Å². The van der Waals surface area contributed by atoms with Gasteiger partial charge in [-0.2, -0.15) is 5.26 Å². The summed E-state index contributed by atoms with van der Waals surface area (Å²) in [5, 5.41) is 8.54. The highest BCUT2D eigenvalue weighted by molar-refractivity contribution is 5.78. The number of oxazole rings is 1. The summed E-state index contributed by atoms with van der Waals surface area (Å²) in [6, 6.07) is 7.89. The summed E-state index contributed by atoms with van der Waals surface area (Å²) in [6.45, 7) is 0. The third-order valence-electron chi connectivity index (χ3n) is 2.74. The molecule has 0 amide bonds. The summed E-state index contributed by atoms with van der Waals surface area (Å²) >= 11 is 0. The van der Waals surface area contributed by atoms with Gasteiger partial charge in [0.2, 0.25) is 0 Å². The van der Waals surface area contributed by atoms with Crippen LogP contribution in [0.4, 0.5) is 0 Å². The molecule has 0 saturated carbocycles. The molecule has 0 radical (unpaired) electrons. The highest BCUT2D eigenvalue weighted by Gasteiger charge is 2.06. The average Bonchev–Trinajstić information content (AvgIpc) is 3.04. The van der Waals surface area contributed by atoms with Crippen molar-refractivity contribution < 1.29 is 4.42 Å². The predicted octanol–water partition coefficient (Wildman–Crippen LogP) is 2.67. The number of hydrogen-bond acceptors (Lipinski definition) is 4. The molecule has 88 valence electrons. The van der Waals surface area contributed by atoms with Crippen LogP contribution in [0.15, 0.2) is 35.2 Å². The number of H-pyrrole nitrogens is 1. The largest absolute Gasteiger partial charge is 0.443 e. The first-order valence-electron chi connectivity index (χ1n) is 5.61. The van der Waals surface area contributed by atoms with Gasteiger partial charge in [0.15, 0.2) is 12.0 Å². The average molecular weight is 238 g/mol. The Morgan fingerprint density at radius 2 is 2.28 bits per heavy atom. The number of aromatic nitrogens is 3. The minimum atomic E-state index is 0.466. The second kappa shape index (κ2) is 4.34. The standard InChI is InChI=1S/C13H10N4O/c14-5-1-2-13-15-7-11(17-13)9-3-4-10-12(6-9)18-8-16-10/h3-4,6-8H,1-2H2,(H,15,17). The maximum Gasteiger partial charge on any atom is 0.181 e. The van der Waals surface area contributed by atoms with E-state index in [1.54, 1.807) is 6.20 Å². The van der Waals surface area contributed by atoms with Crippen molar-refractivity contribution in [2.75, 3.05) is 0 Å². The van der Waals surface area contributed by atoms with Gasteiger partial charge in [-0.05, 0) is 12.1 Å². The number of imidazole rings is 1. The van der Waals surface area contributed by atoms with Crippen molar-refractivity contribution in [1.82, 2.24) is 15.0 Å². The van der Waals surface area contributed by atoms with E-state index in [0.29, 0.717) is 12.8 Å². The molecule has 0 aliphatic heterocycles. The van der Waals surface area contributed by atoms with Gasteiger partial charge in [-0.3, -0.25) is 0 Å². The van der Waals surface area contributed by atoms with Gasteiger partial charge in [-0.15, -0.1) is 0 Å². The lowest BCUT2D eigenvalue weighted by molar-refractivity contribution is 0.602. The Hall–Kier alpha value is -2.61. The van der Waals surface area contributed by atoms with Crippen molar-refractivity contribution in [2.45, 2.75) is 12.8 Å². The molecular weight excluding hydrogens is 228 g/mol. The van der Waals surface area contributed by atoms with Gasteiger partial charge in [0.1, 0.15) is 11.3 Å². The van der Waals surface area contributed by atoms with Gasteiger partial charge in [-0.1, -0.05) is 6.07 Å². The number of nitrogens with one attached hydrogen (secondary N) is 1. The molecule has 0 saturated heterocycles. The number of hydrogen-bond donors (Lipinski definition) is 1. The molecule has 0 spiro atoms. The van der Waals surface area contributed by atoms with Gasteiger partial charge < -0.3 is 9.40 Å². The first kappa shape index (κ1) is 10.5. The highest BCUT2D eigenvalue weighted by atomic mass is 16.3. The molecule has 1 N–H and O–H groups in total. The molecule has 0 fully saturated rings. The monoisotopic (exact) mass is 238 g/mol. The summed E-state index contributed by atoms with van der Waals surface area (Å²) in [4.78, 5) is 11.5. The molecule has 0 unspecified atom stereocenters. The zero-order valence-corrected chi connectivity index (χ0v) is 9.55. The molecule has 5 nitrogen and oxygen atoms in total. The summed E-state index contributed by atoms with van der Waals surface area (Å²) in [5.74, 6) is 0.823. The highest BCUT2D eigenvalue weighted by Crippen LogP contribution is 2.22. The van der Waals surface area contributed by atoms with Gasteiger partial charge in [0, 0.05) is 18.4 Å². The predicted molar refractivity (Wildman–Crippen MR) is 65.5 cm³/mol. The fourth-order valence-electron chi connectivity index (χ4n) is 1.83. The Labute approximate surface area is 103 Å². The molecule has 2 aromatic heterocycles. The van der Waals surface area contributed by atoms with Crippen LogP contribution in [0.5, 0.6) is 0 Å². The zero-order chi connectivity index (χ0) is 12.4. The van der Waals surface area contributed by atoms with Crippen molar-refractivity contribution in [3.05, 3.63) is 36.6 Å². The Morgan fingerprint density at radius 1 is 1.33 bits per heavy atom. The van der Waals surface area contributed by atoms with Crippen LogP contribution in [0.1, 0.15) is 12.2 Å². The van der Waals surface area contributed by atoms with Crippen LogP contribution in [0, 0.1) is 11.3 Å². The number of nitrogens with zero attached hydrogens (tertiary/aromatic N) is 3. The normalized spacial score (nSPS) is 10.6. The molecule has 3 rings (SSSR count). The van der Waals surface area contributed by atoms with Crippen molar-refractivity contribution in [3.63, 3.8) is 0 Å². The van der Waals surface area contributed by atoms with E-state index in [2.05, 4.69) is 21.0 Å². The molecule has 18 heavy (non-hydrogen) atoms. The van der Waals surface area contributed by atoms with Crippen molar-refractivity contribution in [1.29, 1.82) is 5.26 Å². The fraction of sp³-hybridized carbons (Fsp3) is 0.154. The zero-order valence-electron chi connectivity index (χ0n) is 9.55. The number of benzene rings is 1. The van der Waals surface area contributed by atoms with E-state index in [9.17, 15) is 0 Å². The summed E-state index contributed by atoms with van der Waals surface area (Å²) < 4.78 is 5.26. The summed E-state index contributed by atoms with van der Waals surface area (Å²) in [7, 11) is 0. The first-order valence-corrected chi connectivity index (χ1v) is 5.61. The van der Waals surface area contributed by atoms with E-state index in [4.69, 9.17) is 9.68 Å². The summed E-state index contributed by atoms with van der Waals surface area (Å²) in [5.41, 5.74) is 3.50. The number of rotatable bonds is 3. The fourth-order valence-corrected chi connectivity index (χ4v) is 1.83. The van der Waals surface area contributed by atoms with Crippen molar-refractivity contribution >= 4 is 11.1 Å². The number of nitriles is 1. The molecule has 0 aliphatic carbocycles. The SMILES string of the molecule is N#CCCc1ncc(-c2ccc3ncoc3c2)[nH]1. The van der Waals surface area contributed by atoms with E-state index in [1.165, 1.54) is 6.39 Å². The van der Waals surface area contributed by atoms with Crippen LogP contribution in [-0.2, 0) is 6.42 Å². The van der Waals surface area contributed by atoms with E-state index in [1.807, 2.05) is 18.2 Å². The molecule has 5 heteroatoms. The molecule has 2 heterocycles. The van der Waals surface area contributed by atoms with E-state index < -0.39 is 0 Å². The number of aromatic amines is 1. The van der Waals surface area contributed by atoms with Crippen LogP contribution in [0.2, 0.25) is 0 Å². The Kier molecular flexibility index (Phi) is 2.54. The van der Waals surface area contributed by atoms with Crippen LogP contribution < -0.4 is 0 Å². The minimum Gasteiger partial charge on any atom is -0.443 e. The second-order valence-corrected chi connectivity index (χ2v) is 3.94.